The van der Waals surface area contributed by atoms with Gasteiger partial charge in [-0.15, -0.1) is 0 Å². The molecule has 2 aromatic rings. The van der Waals surface area contributed by atoms with Crippen LogP contribution in [0.4, 0.5) is 0 Å². The molecule has 0 bridgehead atoms. The standard InChI is InChI=1S/C10H12N2O2/c1-11-9(6-13)7-4-10-8(12-5-7)2-3-14-10/h2-5,9,11,13H,6H2,1H3/t9-/m1/s1. The van der Waals surface area contributed by atoms with Gasteiger partial charge in [0.2, 0.25) is 0 Å². The molecule has 2 heterocycles. The van der Waals surface area contributed by atoms with Crippen LogP contribution in [0.3, 0.4) is 0 Å². The Morgan fingerprint density at radius 2 is 2.50 bits per heavy atom. The zero-order chi connectivity index (χ0) is 9.97. The average molecular weight is 192 g/mol. The molecule has 2 aromatic heterocycles. The van der Waals surface area contributed by atoms with E-state index in [4.69, 9.17) is 9.52 Å². The molecule has 0 aromatic carbocycles. The zero-order valence-electron chi connectivity index (χ0n) is 7.90. The summed E-state index contributed by atoms with van der Waals surface area (Å²) in [6, 6.07) is 3.61. The Hall–Kier alpha value is -1.39. The molecular weight excluding hydrogens is 180 g/mol. The molecule has 2 rings (SSSR count). The molecule has 4 nitrogen and oxygen atoms in total. The fraction of sp³-hybridized carbons (Fsp3) is 0.300. The van der Waals surface area contributed by atoms with Gasteiger partial charge in [0.25, 0.3) is 0 Å². The lowest BCUT2D eigenvalue weighted by Crippen LogP contribution is -2.19. The van der Waals surface area contributed by atoms with Crippen molar-refractivity contribution in [2.45, 2.75) is 6.04 Å². The lowest BCUT2D eigenvalue weighted by Gasteiger charge is -2.12. The lowest BCUT2D eigenvalue weighted by atomic mass is 10.1. The fourth-order valence-corrected chi connectivity index (χ4v) is 1.42. The van der Waals surface area contributed by atoms with E-state index in [1.165, 1.54) is 0 Å². The Balaban J connectivity index is 2.42. The van der Waals surface area contributed by atoms with Gasteiger partial charge in [0.1, 0.15) is 5.52 Å². The van der Waals surface area contributed by atoms with Gasteiger partial charge in [-0.05, 0) is 18.7 Å². The van der Waals surface area contributed by atoms with E-state index in [1.54, 1.807) is 19.5 Å². The van der Waals surface area contributed by atoms with Gasteiger partial charge in [-0.25, -0.2) is 0 Å². The van der Waals surface area contributed by atoms with Crippen LogP contribution in [0.25, 0.3) is 11.1 Å². The summed E-state index contributed by atoms with van der Waals surface area (Å²) in [5, 5.41) is 12.1. The fourth-order valence-electron chi connectivity index (χ4n) is 1.42. The molecule has 0 amide bonds. The van der Waals surface area contributed by atoms with E-state index in [2.05, 4.69) is 10.3 Å². The molecular formula is C10H12N2O2. The average Bonchev–Trinajstić information content (AvgIpc) is 2.66. The quantitative estimate of drug-likeness (QED) is 0.764. The van der Waals surface area contributed by atoms with E-state index in [1.807, 2.05) is 12.1 Å². The highest BCUT2D eigenvalue weighted by molar-refractivity contribution is 5.72. The van der Waals surface area contributed by atoms with Crippen LogP contribution in [0.1, 0.15) is 11.6 Å². The van der Waals surface area contributed by atoms with E-state index >= 15 is 0 Å². The molecule has 0 aliphatic heterocycles. The number of fused-ring (bicyclic) bond motifs is 1. The minimum Gasteiger partial charge on any atom is -0.463 e. The van der Waals surface area contributed by atoms with Crippen molar-refractivity contribution < 1.29 is 9.52 Å². The summed E-state index contributed by atoms with van der Waals surface area (Å²) in [7, 11) is 1.80. The molecule has 74 valence electrons. The number of furan rings is 1. The van der Waals surface area contributed by atoms with Gasteiger partial charge in [-0.3, -0.25) is 4.98 Å². The van der Waals surface area contributed by atoms with Crippen molar-refractivity contribution in [2.75, 3.05) is 13.7 Å². The molecule has 4 heteroatoms. The number of likely N-dealkylation sites (N-methyl/N-ethyl adjacent to an activating group) is 1. The SMILES string of the molecule is CN[C@H](CO)c1cnc2ccoc2c1. The van der Waals surface area contributed by atoms with Gasteiger partial charge >= 0.3 is 0 Å². The maximum absolute atomic E-state index is 9.08. The molecule has 0 saturated heterocycles. The first-order chi connectivity index (χ1) is 6.85. The highest BCUT2D eigenvalue weighted by atomic mass is 16.3. The second-order valence-corrected chi connectivity index (χ2v) is 3.10. The summed E-state index contributed by atoms with van der Waals surface area (Å²) in [4.78, 5) is 4.21. The number of pyridine rings is 1. The number of aliphatic hydroxyl groups excluding tert-OH is 1. The molecule has 14 heavy (non-hydrogen) atoms. The van der Waals surface area contributed by atoms with Crippen LogP contribution >= 0.6 is 0 Å². The van der Waals surface area contributed by atoms with E-state index in [0.717, 1.165) is 16.7 Å². The van der Waals surface area contributed by atoms with Gasteiger partial charge in [0.15, 0.2) is 5.58 Å². The molecule has 2 N–H and O–H groups in total. The Kier molecular flexibility index (Phi) is 2.47. The Morgan fingerprint density at radius 1 is 1.64 bits per heavy atom. The molecule has 0 spiro atoms. The van der Waals surface area contributed by atoms with Gasteiger partial charge in [-0.2, -0.15) is 0 Å². The van der Waals surface area contributed by atoms with Crippen LogP contribution in [0.5, 0.6) is 0 Å². The van der Waals surface area contributed by atoms with Gasteiger partial charge in [0.05, 0.1) is 18.9 Å². The van der Waals surface area contributed by atoms with E-state index < -0.39 is 0 Å². The Labute approximate surface area is 81.6 Å². The van der Waals surface area contributed by atoms with Crippen LogP contribution in [0.2, 0.25) is 0 Å². The van der Waals surface area contributed by atoms with Gasteiger partial charge < -0.3 is 14.8 Å². The molecule has 0 aliphatic rings. The zero-order valence-corrected chi connectivity index (χ0v) is 7.90. The van der Waals surface area contributed by atoms with Crippen molar-refractivity contribution in [2.24, 2.45) is 0 Å². The number of rotatable bonds is 3. The topological polar surface area (TPSA) is 58.3 Å². The Bertz CT molecular complexity index is 421. The van der Waals surface area contributed by atoms with Crippen LogP contribution < -0.4 is 5.32 Å². The monoisotopic (exact) mass is 192 g/mol. The molecule has 0 fully saturated rings. The van der Waals surface area contributed by atoms with Crippen molar-refractivity contribution in [1.82, 2.24) is 10.3 Å². The normalized spacial score (nSPS) is 13.3. The maximum atomic E-state index is 9.08. The van der Waals surface area contributed by atoms with Gasteiger partial charge in [0, 0.05) is 12.3 Å². The second-order valence-electron chi connectivity index (χ2n) is 3.10. The molecule has 0 unspecified atom stereocenters. The number of aromatic nitrogens is 1. The van der Waals surface area contributed by atoms with Crippen LogP contribution in [-0.4, -0.2) is 23.7 Å². The number of hydrogen-bond donors (Lipinski definition) is 2. The largest absolute Gasteiger partial charge is 0.463 e. The smallest absolute Gasteiger partial charge is 0.152 e. The second kappa shape index (κ2) is 3.77. The van der Waals surface area contributed by atoms with Crippen molar-refractivity contribution in [1.29, 1.82) is 0 Å². The summed E-state index contributed by atoms with van der Waals surface area (Å²) < 4.78 is 5.23. The minimum atomic E-state index is -0.0861. The minimum absolute atomic E-state index is 0.0460. The van der Waals surface area contributed by atoms with E-state index in [9.17, 15) is 0 Å². The third kappa shape index (κ3) is 1.49. The number of hydrogen-bond acceptors (Lipinski definition) is 4. The van der Waals surface area contributed by atoms with E-state index in [0.29, 0.717) is 0 Å². The first-order valence-corrected chi connectivity index (χ1v) is 4.46. The Morgan fingerprint density at radius 3 is 3.21 bits per heavy atom. The highest BCUT2D eigenvalue weighted by Crippen LogP contribution is 2.18. The van der Waals surface area contributed by atoms with Crippen LogP contribution in [0.15, 0.2) is 29.0 Å². The summed E-state index contributed by atoms with van der Waals surface area (Å²) >= 11 is 0. The third-order valence-corrected chi connectivity index (χ3v) is 2.26. The van der Waals surface area contributed by atoms with Crippen molar-refractivity contribution in [3.63, 3.8) is 0 Å². The molecule has 0 saturated carbocycles. The first kappa shape index (κ1) is 9.18. The maximum Gasteiger partial charge on any atom is 0.152 e. The van der Waals surface area contributed by atoms with Crippen LogP contribution in [0, 0.1) is 0 Å². The number of aliphatic hydroxyl groups is 1. The van der Waals surface area contributed by atoms with Crippen molar-refractivity contribution >= 4 is 11.1 Å². The molecule has 0 radical (unpaired) electrons. The predicted octanol–water partition coefficient (Wildman–Crippen LogP) is 1.08. The number of nitrogens with one attached hydrogen (secondary N) is 1. The van der Waals surface area contributed by atoms with E-state index in [-0.39, 0.29) is 12.6 Å². The van der Waals surface area contributed by atoms with Gasteiger partial charge in [-0.1, -0.05) is 0 Å². The van der Waals surface area contributed by atoms with Crippen molar-refractivity contribution in [3.8, 4) is 0 Å². The lowest BCUT2D eigenvalue weighted by molar-refractivity contribution is 0.251. The summed E-state index contributed by atoms with van der Waals surface area (Å²) in [5.41, 5.74) is 2.51. The first-order valence-electron chi connectivity index (χ1n) is 4.46. The third-order valence-electron chi connectivity index (χ3n) is 2.26. The number of nitrogens with zero attached hydrogens (tertiary/aromatic N) is 1. The summed E-state index contributed by atoms with van der Waals surface area (Å²) in [5.74, 6) is 0. The molecule has 0 aliphatic carbocycles. The molecule has 1 atom stereocenters. The summed E-state index contributed by atoms with van der Waals surface area (Å²) in [6.07, 6.45) is 3.35. The predicted molar refractivity (Wildman–Crippen MR) is 52.9 cm³/mol. The van der Waals surface area contributed by atoms with Crippen LogP contribution in [-0.2, 0) is 0 Å². The summed E-state index contributed by atoms with van der Waals surface area (Å²) in [6.45, 7) is 0.0460. The highest BCUT2D eigenvalue weighted by Gasteiger charge is 2.09. The van der Waals surface area contributed by atoms with Crippen molar-refractivity contribution in [3.05, 3.63) is 30.2 Å².